The van der Waals surface area contributed by atoms with Crippen molar-refractivity contribution < 1.29 is 4.79 Å². The monoisotopic (exact) mass is 306 g/mol. The summed E-state index contributed by atoms with van der Waals surface area (Å²) in [5, 5.41) is 3.50. The number of hydrogen-bond acceptors (Lipinski definition) is 3. The van der Waals surface area contributed by atoms with Gasteiger partial charge in [0.2, 0.25) is 5.91 Å². The Morgan fingerprint density at radius 1 is 1.43 bits per heavy atom. The molecule has 0 radical (unpaired) electrons. The molecular formula is C17H26N2OS. The van der Waals surface area contributed by atoms with Gasteiger partial charge in [-0.15, -0.1) is 0 Å². The van der Waals surface area contributed by atoms with Gasteiger partial charge in [0, 0.05) is 6.54 Å². The fourth-order valence-electron chi connectivity index (χ4n) is 2.96. The van der Waals surface area contributed by atoms with Crippen molar-refractivity contribution in [3.63, 3.8) is 0 Å². The smallest absolute Gasteiger partial charge is 0.241 e. The molecule has 1 aromatic rings. The lowest BCUT2D eigenvalue weighted by atomic mass is 10.1. The maximum atomic E-state index is 12.6. The van der Waals surface area contributed by atoms with Gasteiger partial charge in [0.05, 0.1) is 6.04 Å². The van der Waals surface area contributed by atoms with Gasteiger partial charge in [-0.1, -0.05) is 43.7 Å². The van der Waals surface area contributed by atoms with Crippen LogP contribution in [-0.4, -0.2) is 35.4 Å². The molecule has 3 atom stereocenters. The highest BCUT2D eigenvalue weighted by atomic mass is 32.2. The fraction of sp³-hybridized carbons (Fsp3) is 0.588. The molecule has 1 aliphatic rings. The topological polar surface area (TPSA) is 32.3 Å². The lowest BCUT2D eigenvalue weighted by Gasteiger charge is -2.27. The van der Waals surface area contributed by atoms with Crippen LogP contribution in [0.2, 0.25) is 0 Å². The van der Waals surface area contributed by atoms with Crippen molar-refractivity contribution in [3.05, 3.63) is 35.4 Å². The average Bonchev–Trinajstić information content (AvgIpc) is 2.76. The summed E-state index contributed by atoms with van der Waals surface area (Å²) in [5.74, 6) is 1.84. The third-order valence-corrected chi connectivity index (χ3v) is 4.88. The minimum Gasteiger partial charge on any atom is -0.321 e. The number of carbonyl (C=O) groups excluding carboxylic acids is 1. The van der Waals surface area contributed by atoms with Crippen molar-refractivity contribution in [2.24, 2.45) is 5.92 Å². The summed E-state index contributed by atoms with van der Waals surface area (Å²) in [4.78, 5) is 14.6. The Bertz CT molecular complexity index is 491. The third-order valence-electron chi connectivity index (χ3n) is 3.98. The van der Waals surface area contributed by atoms with Gasteiger partial charge in [0.25, 0.3) is 0 Å². The Kier molecular flexibility index (Phi) is 5.71. The van der Waals surface area contributed by atoms with E-state index in [1.165, 1.54) is 11.1 Å². The minimum atomic E-state index is -0.0445. The van der Waals surface area contributed by atoms with Crippen LogP contribution in [0.15, 0.2) is 24.3 Å². The van der Waals surface area contributed by atoms with Crippen LogP contribution in [0.4, 0.5) is 0 Å². The van der Waals surface area contributed by atoms with Crippen molar-refractivity contribution >= 4 is 17.7 Å². The standard InChI is InChI=1S/C17H26N2OS/c1-5-15-17(20)19(10-13(3)11-21-4)16(18-15)14-8-6-7-12(2)9-14/h6-9,13,15-16,18H,5,10-11H2,1-4H3. The summed E-state index contributed by atoms with van der Waals surface area (Å²) in [6.07, 6.45) is 2.98. The van der Waals surface area contributed by atoms with Crippen LogP contribution in [0.5, 0.6) is 0 Å². The van der Waals surface area contributed by atoms with E-state index in [9.17, 15) is 4.79 Å². The molecule has 0 spiro atoms. The fourth-order valence-corrected chi connectivity index (χ4v) is 3.63. The first kappa shape index (κ1) is 16.4. The van der Waals surface area contributed by atoms with Crippen molar-refractivity contribution in [3.8, 4) is 0 Å². The molecule has 3 unspecified atom stereocenters. The Hall–Kier alpha value is -1.00. The van der Waals surface area contributed by atoms with Crippen LogP contribution in [0.3, 0.4) is 0 Å². The molecule has 21 heavy (non-hydrogen) atoms. The largest absolute Gasteiger partial charge is 0.321 e. The SMILES string of the molecule is CCC1NC(c2cccc(C)c2)N(CC(C)CSC)C1=O. The number of hydrogen-bond donors (Lipinski definition) is 1. The molecule has 0 saturated carbocycles. The molecule has 116 valence electrons. The molecule has 1 saturated heterocycles. The Balaban J connectivity index is 2.22. The van der Waals surface area contributed by atoms with Gasteiger partial charge in [-0.25, -0.2) is 0 Å². The van der Waals surface area contributed by atoms with Gasteiger partial charge in [-0.3, -0.25) is 10.1 Å². The second-order valence-electron chi connectivity index (χ2n) is 6.00. The molecular weight excluding hydrogens is 280 g/mol. The molecule has 1 fully saturated rings. The van der Waals surface area contributed by atoms with Crippen LogP contribution in [0, 0.1) is 12.8 Å². The van der Waals surface area contributed by atoms with Crippen LogP contribution >= 0.6 is 11.8 Å². The molecule has 2 rings (SSSR count). The van der Waals surface area contributed by atoms with Gasteiger partial charge in [-0.2, -0.15) is 11.8 Å². The van der Waals surface area contributed by atoms with E-state index in [0.717, 1.165) is 18.7 Å². The summed E-state index contributed by atoms with van der Waals surface area (Å²) in [5.41, 5.74) is 2.43. The van der Waals surface area contributed by atoms with E-state index in [-0.39, 0.29) is 18.1 Å². The highest BCUT2D eigenvalue weighted by molar-refractivity contribution is 7.98. The zero-order valence-corrected chi connectivity index (χ0v) is 14.2. The summed E-state index contributed by atoms with van der Waals surface area (Å²) in [6, 6.07) is 8.41. The van der Waals surface area contributed by atoms with Crippen molar-refractivity contribution in [2.75, 3.05) is 18.6 Å². The number of amides is 1. The number of aryl methyl sites for hydroxylation is 1. The van der Waals surface area contributed by atoms with Crippen molar-refractivity contribution in [2.45, 2.75) is 39.4 Å². The lowest BCUT2D eigenvalue weighted by Crippen LogP contribution is -2.35. The molecule has 1 aromatic carbocycles. The molecule has 0 bridgehead atoms. The van der Waals surface area contributed by atoms with Gasteiger partial charge < -0.3 is 4.90 Å². The number of nitrogens with one attached hydrogen (secondary N) is 1. The molecule has 1 heterocycles. The molecule has 0 aliphatic carbocycles. The predicted molar refractivity (Wildman–Crippen MR) is 90.4 cm³/mol. The van der Waals surface area contributed by atoms with E-state index < -0.39 is 0 Å². The Morgan fingerprint density at radius 2 is 2.19 bits per heavy atom. The lowest BCUT2D eigenvalue weighted by molar-refractivity contribution is -0.130. The highest BCUT2D eigenvalue weighted by Crippen LogP contribution is 2.28. The Labute approximate surface area is 132 Å². The second-order valence-corrected chi connectivity index (χ2v) is 6.91. The number of thioether (sulfide) groups is 1. The molecule has 3 nitrogen and oxygen atoms in total. The zero-order chi connectivity index (χ0) is 15.4. The van der Waals surface area contributed by atoms with E-state index in [0.29, 0.717) is 5.92 Å². The molecule has 0 aromatic heterocycles. The van der Waals surface area contributed by atoms with Crippen molar-refractivity contribution in [1.82, 2.24) is 10.2 Å². The third kappa shape index (κ3) is 3.80. The molecule has 1 aliphatic heterocycles. The second kappa shape index (κ2) is 7.32. The van der Waals surface area contributed by atoms with Gasteiger partial charge in [0.1, 0.15) is 6.17 Å². The number of nitrogens with zero attached hydrogens (tertiary/aromatic N) is 1. The number of rotatable bonds is 6. The first-order valence-electron chi connectivity index (χ1n) is 7.68. The maximum absolute atomic E-state index is 12.6. The van der Waals surface area contributed by atoms with E-state index in [2.05, 4.69) is 56.6 Å². The van der Waals surface area contributed by atoms with Crippen LogP contribution < -0.4 is 5.32 Å². The Morgan fingerprint density at radius 3 is 2.81 bits per heavy atom. The summed E-state index contributed by atoms with van der Waals surface area (Å²) in [6.45, 7) is 7.20. The quantitative estimate of drug-likeness (QED) is 0.876. The molecule has 1 amide bonds. The first-order valence-corrected chi connectivity index (χ1v) is 9.08. The molecule has 1 N–H and O–H groups in total. The van der Waals surface area contributed by atoms with Gasteiger partial charge in [-0.05, 0) is 36.8 Å². The zero-order valence-electron chi connectivity index (χ0n) is 13.4. The maximum Gasteiger partial charge on any atom is 0.241 e. The number of benzene rings is 1. The van der Waals surface area contributed by atoms with Crippen LogP contribution in [0.1, 0.15) is 37.6 Å². The summed E-state index contributed by atoms with van der Waals surface area (Å²) >= 11 is 1.84. The number of carbonyl (C=O) groups is 1. The van der Waals surface area contributed by atoms with E-state index >= 15 is 0 Å². The predicted octanol–water partition coefficient (Wildman–Crippen LogP) is 3.20. The molecule has 4 heteroatoms. The van der Waals surface area contributed by atoms with E-state index in [4.69, 9.17) is 0 Å². The van der Waals surface area contributed by atoms with Gasteiger partial charge >= 0.3 is 0 Å². The highest BCUT2D eigenvalue weighted by Gasteiger charge is 2.38. The van der Waals surface area contributed by atoms with Crippen LogP contribution in [-0.2, 0) is 4.79 Å². The van der Waals surface area contributed by atoms with E-state index in [1.54, 1.807) is 0 Å². The average molecular weight is 306 g/mol. The summed E-state index contributed by atoms with van der Waals surface area (Å²) < 4.78 is 0. The normalized spacial score (nSPS) is 23.6. The summed E-state index contributed by atoms with van der Waals surface area (Å²) in [7, 11) is 0. The van der Waals surface area contributed by atoms with Crippen LogP contribution in [0.25, 0.3) is 0 Å². The van der Waals surface area contributed by atoms with Gasteiger partial charge in [0.15, 0.2) is 0 Å². The minimum absolute atomic E-state index is 0.0201. The first-order chi connectivity index (χ1) is 10.1. The van der Waals surface area contributed by atoms with Crippen molar-refractivity contribution in [1.29, 1.82) is 0 Å². The van der Waals surface area contributed by atoms with E-state index in [1.807, 2.05) is 16.7 Å².